The zero-order chi connectivity index (χ0) is 14.4. The molecular formula is C12H21N7. The van der Waals surface area contributed by atoms with Crippen LogP contribution >= 0.6 is 0 Å². The number of hydrogen-bond donors (Lipinski definition) is 1. The smallest absolute Gasteiger partial charge is 0.232 e. The molecule has 1 heterocycles. The molecule has 0 amide bonds. The fraction of sp³-hybridized carbons (Fsp3) is 0.667. The van der Waals surface area contributed by atoms with E-state index in [2.05, 4.69) is 40.2 Å². The monoisotopic (exact) mass is 263 g/mol. The minimum absolute atomic E-state index is 0.218. The van der Waals surface area contributed by atoms with Gasteiger partial charge in [0.15, 0.2) is 0 Å². The van der Waals surface area contributed by atoms with Crippen molar-refractivity contribution in [3.05, 3.63) is 0 Å². The van der Waals surface area contributed by atoms with E-state index < -0.39 is 0 Å². The Morgan fingerprint density at radius 1 is 1.21 bits per heavy atom. The van der Waals surface area contributed by atoms with Crippen LogP contribution in [-0.2, 0) is 0 Å². The first kappa shape index (κ1) is 15.0. The fourth-order valence-electron chi connectivity index (χ4n) is 1.55. The van der Waals surface area contributed by atoms with Gasteiger partial charge in [0.05, 0.1) is 12.5 Å². The van der Waals surface area contributed by atoms with Crippen molar-refractivity contribution >= 4 is 17.8 Å². The first-order chi connectivity index (χ1) is 8.99. The molecule has 1 aromatic heterocycles. The molecule has 1 N–H and O–H groups in total. The van der Waals surface area contributed by atoms with Gasteiger partial charge in [0.25, 0.3) is 0 Å². The fourth-order valence-corrected chi connectivity index (χ4v) is 1.55. The van der Waals surface area contributed by atoms with Crippen molar-refractivity contribution in [3.63, 3.8) is 0 Å². The van der Waals surface area contributed by atoms with Crippen molar-refractivity contribution in [2.75, 3.05) is 42.8 Å². The van der Waals surface area contributed by atoms with Crippen LogP contribution in [0.25, 0.3) is 0 Å². The normalized spacial score (nSPS) is 10.2. The van der Waals surface area contributed by atoms with Gasteiger partial charge in [-0.1, -0.05) is 0 Å². The molecule has 1 rings (SSSR count). The lowest BCUT2D eigenvalue weighted by Gasteiger charge is -2.26. The lowest BCUT2D eigenvalue weighted by molar-refractivity contribution is 0.663. The molecule has 0 aliphatic carbocycles. The Hall–Kier alpha value is -2.10. The first-order valence-electron chi connectivity index (χ1n) is 6.24. The van der Waals surface area contributed by atoms with Gasteiger partial charge in [0.1, 0.15) is 0 Å². The average Bonchev–Trinajstić information content (AvgIpc) is 2.38. The number of anilines is 3. The van der Waals surface area contributed by atoms with E-state index >= 15 is 0 Å². The highest BCUT2D eigenvalue weighted by Gasteiger charge is 2.16. The lowest BCUT2D eigenvalue weighted by Crippen LogP contribution is -2.34. The van der Waals surface area contributed by atoms with Gasteiger partial charge >= 0.3 is 0 Å². The molecule has 0 fully saturated rings. The van der Waals surface area contributed by atoms with Gasteiger partial charge in [-0.3, -0.25) is 0 Å². The largest absolute Gasteiger partial charge is 0.357 e. The number of aromatic nitrogens is 3. The van der Waals surface area contributed by atoms with E-state index in [0.717, 1.165) is 0 Å². The molecule has 0 spiro atoms. The molecule has 0 aromatic carbocycles. The minimum atomic E-state index is 0.218. The van der Waals surface area contributed by atoms with E-state index in [9.17, 15) is 0 Å². The predicted octanol–water partition coefficient (Wildman–Crippen LogP) is 1.11. The molecular weight excluding hydrogens is 242 g/mol. The maximum Gasteiger partial charge on any atom is 0.232 e. The van der Waals surface area contributed by atoms with Crippen molar-refractivity contribution in [2.24, 2.45) is 0 Å². The van der Waals surface area contributed by atoms with Crippen LogP contribution < -0.4 is 15.1 Å². The number of nitrogens with zero attached hydrogens (tertiary/aromatic N) is 6. The van der Waals surface area contributed by atoms with Gasteiger partial charge in [-0.05, 0) is 13.8 Å². The van der Waals surface area contributed by atoms with Gasteiger partial charge in [-0.25, -0.2) is 0 Å². The summed E-state index contributed by atoms with van der Waals surface area (Å²) in [5.74, 6) is 1.71. The molecule has 0 radical (unpaired) electrons. The molecule has 0 unspecified atom stereocenters. The Kier molecular flexibility index (Phi) is 5.30. The van der Waals surface area contributed by atoms with Crippen molar-refractivity contribution in [1.29, 1.82) is 5.26 Å². The van der Waals surface area contributed by atoms with E-state index in [1.54, 1.807) is 7.05 Å². The SMILES string of the molecule is CNc1nc(N(C)C)nc(N(CCC#N)C(C)C)n1. The second-order valence-corrected chi connectivity index (χ2v) is 4.60. The van der Waals surface area contributed by atoms with Crippen LogP contribution in [0.1, 0.15) is 20.3 Å². The maximum atomic E-state index is 8.74. The summed E-state index contributed by atoms with van der Waals surface area (Å²) >= 11 is 0. The van der Waals surface area contributed by atoms with Crippen LogP contribution in [0.2, 0.25) is 0 Å². The highest BCUT2D eigenvalue weighted by molar-refractivity contribution is 5.44. The van der Waals surface area contributed by atoms with E-state index in [-0.39, 0.29) is 6.04 Å². The van der Waals surface area contributed by atoms with Gasteiger partial charge in [0, 0.05) is 33.7 Å². The second kappa shape index (κ2) is 6.73. The third kappa shape index (κ3) is 3.95. The summed E-state index contributed by atoms with van der Waals surface area (Å²) in [6, 6.07) is 2.37. The molecule has 0 aliphatic heterocycles. The first-order valence-corrected chi connectivity index (χ1v) is 6.24. The Morgan fingerprint density at radius 3 is 2.32 bits per heavy atom. The minimum Gasteiger partial charge on any atom is -0.357 e. The van der Waals surface area contributed by atoms with Crippen LogP contribution in [0.15, 0.2) is 0 Å². The van der Waals surface area contributed by atoms with Crippen LogP contribution in [0.5, 0.6) is 0 Å². The quantitative estimate of drug-likeness (QED) is 0.823. The second-order valence-electron chi connectivity index (χ2n) is 4.60. The van der Waals surface area contributed by atoms with Crippen LogP contribution in [0, 0.1) is 11.3 Å². The molecule has 0 bridgehead atoms. The van der Waals surface area contributed by atoms with Crippen LogP contribution in [0.3, 0.4) is 0 Å². The predicted molar refractivity (Wildman–Crippen MR) is 76.4 cm³/mol. The van der Waals surface area contributed by atoms with Crippen molar-refractivity contribution in [2.45, 2.75) is 26.3 Å². The Labute approximate surface area is 114 Å². The van der Waals surface area contributed by atoms with E-state index in [1.165, 1.54) is 0 Å². The summed E-state index contributed by atoms with van der Waals surface area (Å²) in [7, 11) is 5.54. The summed E-state index contributed by atoms with van der Waals surface area (Å²) in [6.07, 6.45) is 0.441. The summed E-state index contributed by atoms with van der Waals surface area (Å²) in [5, 5.41) is 11.7. The zero-order valence-electron chi connectivity index (χ0n) is 12.2. The van der Waals surface area contributed by atoms with Crippen molar-refractivity contribution < 1.29 is 0 Å². The van der Waals surface area contributed by atoms with Gasteiger partial charge < -0.3 is 15.1 Å². The van der Waals surface area contributed by atoms with Crippen LogP contribution in [-0.4, -0.2) is 48.7 Å². The number of nitrogens with one attached hydrogen (secondary N) is 1. The molecule has 0 atom stereocenters. The van der Waals surface area contributed by atoms with E-state index in [1.807, 2.05) is 23.9 Å². The Balaban J connectivity index is 3.14. The van der Waals surface area contributed by atoms with E-state index in [0.29, 0.717) is 30.8 Å². The Bertz CT molecular complexity index is 450. The summed E-state index contributed by atoms with van der Waals surface area (Å²) in [5.41, 5.74) is 0. The molecule has 0 aliphatic rings. The molecule has 104 valence electrons. The molecule has 19 heavy (non-hydrogen) atoms. The number of nitriles is 1. The topological polar surface area (TPSA) is 81.0 Å². The summed E-state index contributed by atoms with van der Waals surface area (Å²) in [6.45, 7) is 4.71. The summed E-state index contributed by atoms with van der Waals surface area (Å²) < 4.78 is 0. The van der Waals surface area contributed by atoms with Gasteiger partial charge in [0.2, 0.25) is 17.8 Å². The highest BCUT2D eigenvalue weighted by atomic mass is 15.4. The third-order valence-electron chi connectivity index (χ3n) is 2.58. The van der Waals surface area contributed by atoms with E-state index in [4.69, 9.17) is 5.26 Å². The van der Waals surface area contributed by atoms with Crippen LogP contribution in [0.4, 0.5) is 17.8 Å². The molecule has 7 heteroatoms. The summed E-state index contributed by atoms with van der Waals surface area (Å²) in [4.78, 5) is 16.9. The highest BCUT2D eigenvalue weighted by Crippen LogP contribution is 2.17. The maximum absolute atomic E-state index is 8.74. The molecule has 1 aromatic rings. The zero-order valence-corrected chi connectivity index (χ0v) is 12.2. The third-order valence-corrected chi connectivity index (χ3v) is 2.58. The number of hydrogen-bond acceptors (Lipinski definition) is 7. The lowest BCUT2D eigenvalue weighted by atomic mass is 10.3. The average molecular weight is 263 g/mol. The molecule has 7 nitrogen and oxygen atoms in total. The van der Waals surface area contributed by atoms with Crippen molar-refractivity contribution in [3.8, 4) is 6.07 Å². The van der Waals surface area contributed by atoms with Gasteiger partial charge in [-0.2, -0.15) is 20.2 Å². The van der Waals surface area contributed by atoms with Crippen molar-refractivity contribution in [1.82, 2.24) is 15.0 Å². The standard InChI is InChI=1S/C12H21N7/c1-9(2)19(8-6-7-13)12-16-10(14-3)15-11(17-12)18(4)5/h9H,6,8H2,1-5H3,(H,14,15,16,17). The Morgan fingerprint density at radius 2 is 1.84 bits per heavy atom. The number of rotatable bonds is 6. The van der Waals surface area contributed by atoms with Gasteiger partial charge in [-0.15, -0.1) is 0 Å². The molecule has 0 saturated heterocycles. The molecule has 0 saturated carbocycles.